The van der Waals surface area contributed by atoms with Crippen molar-refractivity contribution in [3.8, 4) is 5.75 Å². The van der Waals surface area contributed by atoms with Gasteiger partial charge in [0.2, 0.25) is 5.91 Å². The molecule has 2 rings (SSSR count). The third-order valence-electron chi connectivity index (χ3n) is 4.69. The van der Waals surface area contributed by atoms with Crippen molar-refractivity contribution in [2.75, 3.05) is 39.5 Å². The SMILES string of the molecule is CCCNC(=O)CCNC(=NCc1ccc(C)cc1OCC1CCOC1)NCC. The van der Waals surface area contributed by atoms with Crippen LogP contribution in [0.15, 0.2) is 23.2 Å². The molecule has 3 N–H and O–H groups in total. The number of carbonyl (C=O) groups is 1. The van der Waals surface area contributed by atoms with Crippen LogP contribution in [-0.2, 0) is 16.1 Å². The van der Waals surface area contributed by atoms with E-state index in [-0.39, 0.29) is 5.91 Å². The van der Waals surface area contributed by atoms with Gasteiger partial charge in [-0.05, 0) is 38.3 Å². The van der Waals surface area contributed by atoms with E-state index in [1.54, 1.807) is 0 Å². The van der Waals surface area contributed by atoms with E-state index in [0.29, 0.717) is 38.0 Å². The number of benzene rings is 1. The highest BCUT2D eigenvalue weighted by Crippen LogP contribution is 2.23. The van der Waals surface area contributed by atoms with Crippen molar-refractivity contribution in [1.29, 1.82) is 0 Å². The summed E-state index contributed by atoms with van der Waals surface area (Å²) in [6, 6.07) is 6.22. The molecule has 1 amide bonds. The van der Waals surface area contributed by atoms with E-state index in [0.717, 1.165) is 50.5 Å². The van der Waals surface area contributed by atoms with Gasteiger partial charge in [0.25, 0.3) is 0 Å². The Labute approximate surface area is 174 Å². The molecule has 1 fully saturated rings. The van der Waals surface area contributed by atoms with E-state index in [4.69, 9.17) is 9.47 Å². The number of nitrogens with one attached hydrogen (secondary N) is 3. The van der Waals surface area contributed by atoms with E-state index in [1.807, 2.05) is 13.8 Å². The lowest BCUT2D eigenvalue weighted by atomic mass is 10.1. The van der Waals surface area contributed by atoms with Gasteiger partial charge in [-0.1, -0.05) is 19.1 Å². The lowest BCUT2D eigenvalue weighted by Gasteiger charge is -2.15. The average molecular weight is 405 g/mol. The van der Waals surface area contributed by atoms with E-state index in [9.17, 15) is 4.79 Å². The Hall–Kier alpha value is -2.28. The van der Waals surface area contributed by atoms with Gasteiger partial charge in [0.05, 0.1) is 19.8 Å². The number of carbonyl (C=O) groups excluding carboxylic acids is 1. The van der Waals surface area contributed by atoms with E-state index < -0.39 is 0 Å². The molecule has 1 aliphatic rings. The predicted octanol–water partition coefficient (Wildman–Crippen LogP) is 2.38. The molecule has 162 valence electrons. The summed E-state index contributed by atoms with van der Waals surface area (Å²) in [6.45, 7) is 10.9. The van der Waals surface area contributed by atoms with Crippen LogP contribution in [0.5, 0.6) is 5.75 Å². The first kappa shape index (κ1) is 23.0. The second kappa shape index (κ2) is 13.0. The number of rotatable bonds is 11. The first-order valence-corrected chi connectivity index (χ1v) is 10.7. The van der Waals surface area contributed by atoms with Gasteiger partial charge in [-0.25, -0.2) is 4.99 Å². The van der Waals surface area contributed by atoms with Gasteiger partial charge in [0.15, 0.2) is 5.96 Å². The maximum absolute atomic E-state index is 11.7. The Balaban J connectivity index is 1.91. The highest BCUT2D eigenvalue weighted by Gasteiger charge is 2.17. The van der Waals surface area contributed by atoms with Crippen LogP contribution in [0, 0.1) is 12.8 Å². The average Bonchev–Trinajstić information content (AvgIpc) is 3.23. The fraction of sp³-hybridized carbons (Fsp3) is 0.636. The molecule has 0 saturated carbocycles. The van der Waals surface area contributed by atoms with Crippen molar-refractivity contribution < 1.29 is 14.3 Å². The second-order valence-electron chi connectivity index (χ2n) is 7.37. The molecule has 0 bridgehead atoms. The number of hydrogen-bond acceptors (Lipinski definition) is 4. The van der Waals surface area contributed by atoms with Crippen LogP contribution >= 0.6 is 0 Å². The molecule has 29 heavy (non-hydrogen) atoms. The zero-order valence-corrected chi connectivity index (χ0v) is 18.1. The van der Waals surface area contributed by atoms with Crippen molar-refractivity contribution in [3.63, 3.8) is 0 Å². The number of guanidine groups is 1. The fourth-order valence-corrected chi connectivity index (χ4v) is 3.00. The van der Waals surface area contributed by atoms with Crippen LogP contribution in [-0.4, -0.2) is 51.3 Å². The molecule has 7 heteroatoms. The summed E-state index contributed by atoms with van der Waals surface area (Å²) in [4.78, 5) is 16.4. The summed E-state index contributed by atoms with van der Waals surface area (Å²) >= 11 is 0. The van der Waals surface area contributed by atoms with Crippen LogP contribution in [0.1, 0.15) is 44.2 Å². The fourth-order valence-electron chi connectivity index (χ4n) is 3.00. The highest BCUT2D eigenvalue weighted by atomic mass is 16.5. The monoisotopic (exact) mass is 404 g/mol. The third-order valence-corrected chi connectivity index (χ3v) is 4.69. The molecule has 0 radical (unpaired) electrons. The Kier molecular flexibility index (Phi) is 10.3. The summed E-state index contributed by atoms with van der Waals surface area (Å²) in [5, 5.41) is 9.33. The number of amides is 1. The molecule has 0 aromatic heterocycles. The van der Waals surface area contributed by atoms with Crippen LogP contribution in [0.25, 0.3) is 0 Å². The molecule has 7 nitrogen and oxygen atoms in total. The van der Waals surface area contributed by atoms with Crippen molar-refractivity contribution in [2.45, 2.75) is 46.6 Å². The predicted molar refractivity (Wildman–Crippen MR) is 116 cm³/mol. The smallest absolute Gasteiger partial charge is 0.221 e. The summed E-state index contributed by atoms with van der Waals surface area (Å²) < 4.78 is 11.5. The Bertz CT molecular complexity index is 657. The highest BCUT2D eigenvalue weighted by molar-refractivity contribution is 5.81. The topological polar surface area (TPSA) is 84.0 Å². The summed E-state index contributed by atoms with van der Waals surface area (Å²) in [5.41, 5.74) is 2.21. The van der Waals surface area contributed by atoms with E-state index >= 15 is 0 Å². The van der Waals surface area contributed by atoms with Crippen LogP contribution in [0.4, 0.5) is 0 Å². The Morgan fingerprint density at radius 2 is 2.10 bits per heavy atom. The summed E-state index contributed by atoms with van der Waals surface area (Å²) in [6.07, 6.45) is 2.42. The normalized spacial score (nSPS) is 16.5. The standard InChI is InChI=1S/C22H36N4O3/c1-4-10-24-21(27)8-11-25-22(23-5-2)26-14-19-7-6-17(3)13-20(19)29-16-18-9-12-28-15-18/h6-7,13,18H,4-5,8-12,14-16H2,1-3H3,(H,24,27)(H2,23,25,26). The van der Waals surface area contributed by atoms with Crippen molar-refractivity contribution in [1.82, 2.24) is 16.0 Å². The molecule has 1 unspecified atom stereocenters. The lowest BCUT2D eigenvalue weighted by Crippen LogP contribution is -2.39. The first-order chi connectivity index (χ1) is 14.1. The Morgan fingerprint density at radius 1 is 1.24 bits per heavy atom. The maximum Gasteiger partial charge on any atom is 0.221 e. The molecule has 0 aliphatic carbocycles. The molecular weight excluding hydrogens is 368 g/mol. The van der Waals surface area contributed by atoms with Gasteiger partial charge in [-0.3, -0.25) is 4.79 Å². The van der Waals surface area contributed by atoms with Crippen molar-refractivity contribution >= 4 is 11.9 Å². The molecule has 1 atom stereocenters. The minimum Gasteiger partial charge on any atom is -0.493 e. The number of nitrogens with zero attached hydrogens (tertiary/aromatic N) is 1. The summed E-state index contributed by atoms with van der Waals surface area (Å²) in [5.74, 6) is 2.10. The molecule has 1 saturated heterocycles. The van der Waals surface area contributed by atoms with Crippen LogP contribution in [0.2, 0.25) is 0 Å². The largest absolute Gasteiger partial charge is 0.493 e. The van der Waals surface area contributed by atoms with E-state index in [1.165, 1.54) is 5.56 Å². The lowest BCUT2D eigenvalue weighted by molar-refractivity contribution is -0.120. The number of aryl methyl sites for hydroxylation is 1. The van der Waals surface area contributed by atoms with Crippen molar-refractivity contribution in [3.05, 3.63) is 29.3 Å². The molecule has 0 spiro atoms. The molecule has 1 heterocycles. The van der Waals surface area contributed by atoms with Crippen molar-refractivity contribution in [2.24, 2.45) is 10.9 Å². The molecule has 1 aromatic carbocycles. The number of aliphatic imine (C=N–C) groups is 1. The molecule has 1 aromatic rings. The molecule has 1 aliphatic heterocycles. The first-order valence-electron chi connectivity index (χ1n) is 10.7. The van der Waals surface area contributed by atoms with Gasteiger partial charge < -0.3 is 25.4 Å². The second-order valence-corrected chi connectivity index (χ2v) is 7.37. The van der Waals surface area contributed by atoms with Crippen LogP contribution < -0.4 is 20.7 Å². The zero-order chi connectivity index (χ0) is 20.9. The minimum atomic E-state index is 0.0558. The van der Waals surface area contributed by atoms with Gasteiger partial charge >= 0.3 is 0 Å². The van der Waals surface area contributed by atoms with Gasteiger partial charge in [-0.15, -0.1) is 0 Å². The van der Waals surface area contributed by atoms with Crippen LogP contribution in [0.3, 0.4) is 0 Å². The zero-order valence-electron chi connectivity index (χ0n) is 18.1. The minimum absolute atomic E-state index is 0.0558. The quantitative estimate of drug-likeness (QED) is 0.390. The van der Waals surface area contributed by atoms with Gasteiger partial charge in [-0.2, -0.15) is 0 Å². The summed E-state index contributed by atoms with van der Waals surface area (Å²) in [7, 11) is 0. The third kappa shape index (κ3) is 8.73. The maximum atomic E-state index is 11.7. The number of hydrogen-bond donors (Lipinski definition) is 3. The molecular formula is C22H36N4O3. The Morgan fingerprint density at radius 3 is 2.83 bits per heavy atom. The van der Waals surface area contributed by atoms with Gasteiger partial charge in [0.1, 0.15) is 5.75 Å². The number of ether oxygens (including phenoxy) is 2. The van der Waals surface area contributed by atoms with E-state index in [2.05, 4.69) is 46.1 Å². The van der Waals surface area contributed by atoms with Gasteiger partial charge in [0, 0.05) is 44.1 Å².